The van der Waals surface area contributed by atoms with Crippen molar-refractivity contribution in [3.05, 3.63) is 124 Å². The van der Waals surface area contributed by atoms with Crippen LogP contribution >= 0.6 is 0 Å². The van der Waals surface area contributed by atoms with E-state index in [4.69, 9.17) is 9.84 Å². The Morgan fingerprint density at radius 2 is 1.02 bits per heavy atom. The maximum absolute atomic E-state index is 13.3. The standard InChI is InChI=1S/C20H22N2O5.C15H4F10O3/c1-13(18(23)22-14(2)19(24)25)21-17-11-7-6-10-16(17)20(26)27-12-15-8-4-3-5-9-15;16-4-6(18)10(22)14(11(23)7(4)19)27-1-3(26)2-28-15-12(24)8(20)5(17)9(21)13(15)25/h3-11,13-14,21H,12H2,1-2H3,(H,22,23)(H,24,25);1-2H2/t13?,14-;/m0./s1. The molecule has 0 aliphatic rings. The number of carboxylic acid groups (broad SMARTS) is 1. The summed E-state index contributed by atoms with van der Waals surface area (Å²) >= 11 is 0. The second-order valence-corrected chi connectivity index (χ2v) is 11.0. The van der Waals surface area contributed by atoms with E-state index in [-0.39, 0.29) is 6.61 Å². The molecule has 294 valence electrons. The highest BCUT2D eigenvalue weighted by atomic mass is 19.2. The maximum Gasteiger partial charge on any atom is 0.340 e. The second-order valence-electron chi connectivity index (χ2n) is 11.0. The van der Waals surface area contributed by atoms with Gasteiger partial charge in [0.1, 0.15) is 18.7 Å². The van der Waals surface area contributed by atoms with Crippen LogP contribution in [0.4, 0.5) is 49.6 Å². The average Bonchev–Trinajstić information content (AvgIpc) is 3.17. The van der Waals surface area contributed by atoms with Crippen LogP contribution in [-0.4, -0.2) is 54.0 Å². The topological polar surface area (TPSA) is 140 Å². The molecule has 4 aromatic carbocycles. The number of hydrogen-bond acceptors (Lipinski definition) is 8. The summed E-state index contributed by atoms with van der Waals surface area (Å²) in [6, 6.07) is 14.2. The first-order valence-corrected chi connectivity index (χ1v) is 15.3. The summed E-state index contributed by atoms with van der Waals surface area (Å²) in [6.07, 6.45) is 0. The number of hydrogen-bond donors (Lipinski definition) is 3. The molecule has 1 unspecified atom stereocenters. The predicted octanol–water partition coefficient (Wildman–Crippen LogP) is 6.54. The quantitative estimate of drug-likeness (QED) is 0.0563. The number of carbonyl (C=O) groups is 4. The van der Waals surface area contributed by atoms with Crippen molar-refractivity contribution in [2.75, 3.05) is 18.5 Å². The van der Waals surface area contributed by atoms with Crippen LogP contribution < -0.4 is 20.1 Å². The zero-order valence-electron chi connectivity index (χ0n) is 28.1. The number of para-hydroxylation sites is 1. The number of Topliss-reactive ketones (excluding diaryl/α,β-unsaturated/α-hetero) is 1. The lowest BCUT2D eigenvalue weighted by molar-refractivity contribution is -0.141. The number of esters is 1. The van der Waals surface area contributed by atoms with E-state index in [2.05, 4.69) is 20.1 Å². The summed E-state index contributed by atoms with van der Waals surface area (Å²) in [4.78, 5) is 46.8. The van der Waals surface area contributed by atoms with Gasteiger partial charge in [-0.25, -0.2) is 31.1 Å². The Balaban J connectivity index is 0.000000296. The third-order valence-electron chi connectivity index (χ3n) is 6.95. The third-order valence-corrected chi connectivity index (χ3v) is 6.95. The van der Waals surface area contributed by atoms with Crippen LogP contribution in [0, 0.1) is 58.2 Å². The fourth-order valence-electron chi connectivity index (χ4n) is 4.06. The van der Waals surface area contributed by atoms with Crippen molar-refractivity contribution >= 4 is 29.3 Å². The molecule has 0 aliphatic heterocycles. The number of carbonyl (C=O) groups excluding carboxylic acids is 3. The van der Waals surface area contributed by atoms with Crippen LogP contribution in [0.25, 0.3) is 0 Å². The first-order chi connectivity index (χ1) is 25.9. The molecule has 0 spiro atoms. The highest BCUT2D eigenvalue weighted by Crippen LogP contribution is 2.30. The van der Waals surface area contributed by atoms with E-state index in [1.807, 2.05) is 30.3 Å². The lowest BCUT2D eigenvalue weighted by Gasteiger charge is -2.18. The van der Waals surface area contributed by atoms with Crippen molar-refractivity contribution < 1.29 is 82.4 Å². The van der Waals surface area contributed by atoms with Gasteiger partial charge in [0.2, 0.25) is 69.9 Å². The Hall–Kier alpha value is -6.34. The fourth-order valence-corrected chi connectivity index (χ4v) is 4.06. The normalized spacial score (nSPS) is 11.7. The number of carboxylic acids is 1. The number of benzene rings is 4. The molecule has 0 aromatic heterocycles. The van der Waals surface area contributed by atoms with Crippen LogP contribution in [0.1, 0.15) is 29.8 Å². The average molecular weight is 793 g/mol. The number of ether oxygens (including phenoxy) is 3. The molecule has 0 saturated carbocycles. The molecule has 2 atom stereocenters. The van der Waals surface area contributed by atoms with Gasteiger partial charge in [0, 0.05) is 5.69 Å². The zero-order chi connectivity index (χ0) is 41.1. The molecule has 20 heteroatoms. The van der Waals surface area contributed by atoms with E-state index >= 15 is 0 Å². The van der Waals surface area contributed by atoms with Crippen LogP contribution in [0.15, 0.2) is 54.6 Å². The maximum atomic E-state index is 13.3. The molecule has 55 heavy (non-hydrogen) atoms. The van der Waals surface area contributed by atoms with Gasteiger partial charge < -0.3 is 30.0 Å². The monoisotopic (exact) mass is 792 g/mol. The van der Waals surface area contributed by atoms with E-state index in [1.54, 1.807) is 31.2 Å². The van der Waals surface area contributed by atoms with Crippen molar-refractivity contribution in [1.29, 1.82) is 0 Å². The molecule has 0 heterocycles. The minimum absolute atomic E-state index is 0.139. The van der Waals surface area contributed by atoms with Gasteiger partial charge in [-0.15, -0.1) is 0 Å². The van der Waals surface area contributed by atoms with Crippen LogP contribution in [0.5, 0.6) is 11.5 Å². The number of rotatable bonds is 14. The van der Waals surface area contributed by atoms with E-state index in [0.717, 1.165) is 5.56 Å². The summed E-state index contributed by atoms with van der Waals surface area (Å²) in [5, 5.41) is 14.2. The molecule has 0 bridgehead atoms. The van der Waals surface area contributed by atoms with E-state index in [0.29, 0.717) is 11.3 Å². The number of halogens is 10. The zero-order valence-corrected chi connectivity index (χ0v) is 28.1. The Morgan fingerprint density at radius 3 is 1.47 bits per heavy atom. The van der Waals surface area contributed by atoms with Crippen molar-refractivity contribution in [1.82, 2.24) is 5.32 Å². The highest BCUT2D eigenvalue weighted by molar-refractivity contribution is 5.97. The van der Waals surface area contributed by atoms with Gasteiger partial charge in [0.25, 0.3) is 0 Å². The van der Waals surface area contributed by atoms with Gasteiger partial charge in [-0.3, -0.25) is 14.4 Å². The molecule has 0 fully saturated rings. The number of aliphatic carboxylic acids is 1. The van der Waals surface area contributed by atoms with Gasteiger partial charge in [-0.05, 0) is 31.5 Å². The van der Waals surface area contributed by atoms with Crippen LogP contribution in [0.3, 0.4) is 0 Å². The molecule has 4 rings (SSSR count). The SMILES string of the molecule is CC(Nc1ccccc1C(=O)OCc1ccccc1)C(=O)N[C@@H](C)C(=O)O.O=C(COc1c(F)c(F)c(F)c(F)c1F)COc1c(F)c(F)c(F)c(F)c1F. The number of amides is 1. The molecule has 0 saturated heterocycles. The summed E-state index contributed by atoms with van der Waals surface area (Å²) < 4.78 is 144. The molecule has 3 N–H and O–H groups in total. The Bertz CT molecular complexity index is 1940. The van der Waals surface area contributed by atoms with Crippen LogP contribution in [-0.2, 0) is 25.7 Å². The largest absolute Gasteiger partial charge is 0.480 e. The minimum Gasteiger partial charge on any atom is -0.480 e. The Labute approximate surface area is 303 Å². The lowest BCUT2D eigenvalue weighted by Crippen LogP contribution is -2.45. The van der Waals surface area contributed by atoms with E-state index in [1.165, 1.54) is 6.92 Å². The predicted molar refractivity (Wildman–Crippen MR) is 169 cm³/mol. The summed E-state index contributed by atoms with van der Waals surface area (Å²) in [6.45, 7) is 0.250. The van der Waals surface area contributed by atoms with Gasteiger partial charge in [0.15, 0.2) is 24.7 Å². The smallest absolute Gasteiger partial charge is 0.340 e. The molecule has 10 nitrogen and oxygen atoms in total. The number of nitrogens with one attached hydrogen (secondary N) is 2. The fraction of sp³-hybridized carbons (Fsp3) is 0.200. The summed E-state index contributed by atoms with van der Waals surface area (Å²) in [7, 11) is 0. The molecular formula is C35H26F10N2O8. The van der Waals surface area contributed by atoms with Crippen molar-refractivity contribution in [2.24, 2.45) is 0 Å². The molecule has 1 amide bonds. The first-order valence-electron chi connectivity index (χ1n) is 15.3. The van der Waals surface area contributed by atoms with Crippen molar-refractivity contribution in [2.45, 2.75) is 32.5 Å². The highest BCUT2D eigenvalue weighted by Gasteiger charge is 2.29. The molecule has 0 radical (unpaired) electrons. The van der Waals surface area contributed by atoms with Gasteiger partial charge >= 0.3 is 11.9 Å². The molecule has 4 aromatic rings. The van der Waals surface area contributed by atoms with Crippen LogP contribution in [0.2, 0.25) is 0 Å². The number of ketones is 1. The lowest BCUT2D eigenvalue weighted by atomic mass is 10.1. The van der Waals surface area contributed by atoms with E-state index in [9.17, 15) is 63.1 Å². The van der Waals surface area contributed by atoms with Crippen molar-refractivity contribution in [3.63, 3.8) is 0 Å². The second kappa shape index (κ2) is 19.1. The Morgan fingerprint density at radius 1 is 0.600 bits per heavy atom. The third kappa shape index (κ3) is 10.9. The minimum atomic E-state index is -2.48. The first kappa shape index (κ1) is 43.1. The Kier molecular flexibility index (Phi) is 15.0. The number of anilines is 1. The van der Waals surface area contributed by atoms with Gasteiger partial charge in [0.05, 0.1) is 5.56 Å². The van der Waals surface area contributed by atoms with E-state index < -0.39 is 119 Å². The molecule has 0 aliphatic carbocycles. The van der Waals surface area contributed by atoms with Crippen molar-refractivity contribution in [3.8, 4) is 11.5 Å². The summed E-state index contributed by atoms with van der Waals surface area (Å²) in [5.74, 6) is -31.2. The molecular weight excluding hydrogens is 766 g/mol. The summed E-state index contributed by atoms with van der Waals surface area (Å²) in [5.41, 5.74) is 1.59. The van der Waals surface area contributed by atoms with Gasteiger partial charge in [-0.1, -0.05) is 42.5 Å². The van der Waals surface area contributed by atoms with Gasteiger partial charge in [-0.2, -0.15) is 17.6 Å².